The molecule has 0 fully saturated rings. The number of nitrogens with zero attached hydrogens (tertiary/aromatic N) is 3. The molecule has 2 aromatic heterocycles. The number of benzene rings is 1. The van der Waals surface area contributed by atoms with E-state index in [0.29, 0.717) is 17.2 Å². The summed E-state index contributed by atoms with van der Waals surface area (Å²) in [6.07, 6.45) is 0.779. The van der Waals surface area contributed by atoms with Gasteiger partial charge in [0.15, 0.2) is 11.7 Å². The molecular formula is C20H20N4O3S. The van der Waals surface area contributed by atoms with Crippen molar-refractivity contribution in [3.05, 3.63) is 52.2 Å². The van der Waals surface area contributed by atoms with Crippen LogP contribution in [-0.2, 0) is 22.5 Å². The summed E-state index contributed by atoms with van der Waals surface area (Å²) in [6, 6.07) is 7.53. The molecule has 1 amide bonds. The van der Waals surface area contributed by atoms with Crippen molar-refractivity contribution in [1.29, 1.82) is 0 Å². The Morgan fingerprint density at radius 2 is 2.11 bits per heavy atom. The first-order valence-corrected chi connectivity index (χ1v) is 9.87. The first kappa shape index (κ1) is 18.5. The number of hydrogen-bond acceptors (Lipinski definition) is 7. The molecule has 0 unspecified atom stereocenters. The zero-order valence-electron chi connectivity index (χ0n) is 15.7. The number of carbonyl (C=O) groups is 2. The summed E-state index contributed by atoms with van der Waals surface area (Å²) in [5, 5.41) is 5.73. The van der Waals surface area contributed by atoms with Crippen molar-refractivity contribution in [2.24, 2.45) is 0 Å². The van der Waals surface area contributed by atoms with Crippen LogP contribution in [-0.4, -0.2) is 46.9 Å². The largest absolute Gasteiger partial charge is 0.452 e. The monoisotopic (exact) mass is 396 g/mol. The van der Waals surface area contributed by atoms with E-state index in [4.69, 9.17) is 9.72 Å². The van der Waals surface area contributed by atoms with Crippen LogP contribution < -0.4 is 5.32 Å². The van der Waals surface area contributed by atoms with Crippen LogP contribution in [0.5, 0.6) is 0 Å². The third kappa shape index (κ3) is 3.74. The summed E-state index contributed by atoms with van der Waals surface area (Å²) in [7, 11) is 2.01. The summed E-state index contributed by atoms with van der Waals surface area (Å²) < 4.78 is 5.36. The minimum absolute atomic E-state index is 0.362. The highest BCUT2D eigenvalue weighted by Gasteiger charge is 2.25. The Kier molecular flexibility index (Phi) is 5.06. The molecule has 3 heterocycles. The van der Waals surface area contributed by atoms with Crippen LogP contribution in [0.2, 0.25) is 0 Å². The first-order valence-electron chi connectivity index (χ1n) is 8.99. The predicted molar refractivity (Wildman–Crippen MR) is 108 cm³/mol. The van der Waals surface area contributed by atoms with Gasteiger partial charge in [0.25, 0.3) is 5.91 Å². The molecule has 0 saturated heterocycles. The number of fused-ring (bicyclic) bond motifs is 2. The van der Waals surface area contributed by atoms with E-state index < -0.39 is 11.9 Å². The van der Waals surface area contributed by atoms with Crippen molar-refractivity contribution < 1.29 is 14.3 Å². The lowest BCUT2D eigenvalue weighted by Crippen LogP contribution is -2.30. The van der Waals surface area contributed by atoms with Crippen LogP contribution in [0.25, 0.3) is 10.9 Å². The number of aryl methyl sites for hydroxylation is 1. The van der Waals surface area contributed by atoms with Gasteiger partial charge < -0.3 is 9.64 Å². The number of rotatable bonds is 4. The number of hydrogen-bond donors (Lipinski definition) is 1. The van der Waals surface area contributed by atoms with Gasteiger partial charge in [0.1, 0.15) is 0 Å². The number of para-hydroxylation sites is 1. The summed E-state index contributed by atoms with van der Waals surface area (Å²) in [6.45, 7) is 3.00. The molecule has 0 spiro atoms. The average molecular weight is 396 g/mol. The maximum atomic E-state index is 12.9. The molecule has 28 heavy (non-hydrogen) atoms. The Balaban J connectivity index is 1.58. The van der Waals surface area contributed by atoms with Crippen LogP contribution >= 0.6 is 11.3 Å². The number of aromatic nitrogens is 2. The molecule has 0 bridgehead atoms. The van der Waals surface area contributed by atoms with Crippen molar-refractivity contribution in [3.8, 4) is 0 Å². The quantitative estimate of drug-likeness (QED) is 0.683. The molecule has 0 saturated carbocycles. The van der Waals surface area contributed by atoms with Gasteiger partial charge in [0, 0.05) is 41.5 Å². The van der Waals surface area contributed by atoms with E-state index >= 15 is 0 Å². The Hall–Kier alpha value is -2.84. The summed E-state index contributed by atoms with van der Waals surface area (Å²) >= 11 is 1.33. The third-order valence-corrected chi connectivity index (χ3v) is 5.52. The van der Waals surface area contributed by atoms with Gasteiger partial charge in [-0.1, -0.05) is 18.2 Å². The molecule has 1 aliphatic heterocycles. The molecule has 3 aromatic rings. The molecule has 0 radical (unpaired) electrons. The molecule has 0 aliphatic carbocycles. The number of thiazole rings is 1. The van der Waals surface area contributed by atoms with E-state index in [2.05, 4.69) is 15.2 Å². The topological polar surface area (TPSA) is 84.4 Å². The number of anilines is 1. The fraction of sp³-hybridized carbons (Fsp3) is 0.300. The molecular weight excluding hydrogens is 376 g/mol. The van der Waals surface area contributed by atoms with E-state index in [1.807, 2.05) is 43.6 Å². The highest BCUT2D eigenvalue weighted by molar-refractivity contribution is 7.13. The number of likely N-dealkylation sites (N-methyl/N-ethyl adjacent to an activating group) is 1. The van der Waals surface area contributed by atoms with E-state index in [1.54, 1.807) is 0 Å². The normalized spacial score (nSPS) is 13.9. The fourth-order valence-corrected chi connectivity index (χ4v) is 4.03. The van der Waals surface area contributed by atoms with Crippen molar-refractivity contribution in [1.82, 2.24) is 14.9 Å². The maximum absolute atomic E-state index is 12.9. The van der Waals surface area contributed by atoms with Gasteiger partial charge in [0.05, 0.1) is 16.8 Å². The lowest BCUT2D eigenvalue weighted by molar-refractivity contribution is -0.119. The van der Waals surface area contributed by atoms with Crippen LogP contribution in [0.3, 0.4) is 0 Å². The number of ether oxygens (including phenoxy) is 1. The van der Waals surface area contributed by atoms with Gasteiger partial charge in [-0.25, -0.2) is 9.78 Å². The fourth-order valence-electron chi connectivity index (χ4n) is 3.33. The van der Waals surface area contributed by atoms with Crippen LogP contribution in [0, 0.1) is 6.92 Å². The molecule has 1 N–H and O–H groups in total. The van der Waals surface area contributed by atoms with E-state index in [9.17, 15) is 9.59 Å². The van der Waals surface area contributed by atoms with Gasteiger partial charge in [-0.05, 0) is 20.0 Å². The molecule has 1 aliphatic rings. The number of nitrogens with one attached hydrogen (secondary N) is 1. The maximum Gasteiger partial charge on any atom is 0.339 e. The molecule has 144 valence electrons. The van der Waals surface area contributed by atoms with Crippen molar-refractivity contribution >= 4 is 39.2 Å². The van der Waals surface area contributed by atoms with Crippen LogP contribution in [0.15, 0.2) is 29.6 Å². The molecule has 0 atom stereocenters. The lowest BCUT2D eigenvalue weighted by Gasteiger charge is -2.26. The average Bonchev–Trinajstić information content (AvgIpc) is 3.09. The third-order valence-electron chi connectivity index (χ3n) is 4.64. The van der Waals surface area contributed by atoms with Gasteiger partial charge >= 0.3 is 5.97 Å². The molecule has 1 aromatic carbocycles. The Morgan fingerprint density at radius 3 is 2.89 bits per heavy atom. The van der Waals surface area contributed by atoms with Crippen LogP contribution in [0.4, 0.5) is 5.13 Å². The van der Waals surface area contributed by atoms with Gasteiger partial charge in [-0.3, -0.25) is 15.1 Å². The predicted octanol–water partition coefficient (Wildman–Crippen LogP) is 2.78. The smallest absolute Gasteiger partial charge is 0.339 e. The van der Waals surface area contributed by atoms with Crippen molar-refractivity contribution in [2.45, 2.75) is 19.9 Å². The van der Waals surface area contributed by atoms with Crippen molar-refractivity contribution in [3.63, 3.8) is 0 Å². The van der Waals surface area contributed by atoms with Crippen LogP contribution in [0.1, 0.15) is 27.3 Å². The second-order valence-corrected chi connectivity index (χ2v) is 7.69. The minimum Gasteiger partial charge on any atom is -0.452 e. The van der Waals surface area contributed by atoms with Gasteiger partial charge in [-0.2, -0.15) is 0 Å². The first-order chi connectivity index (χ1) is 13.5. The van der Waals surface area contributed by atoms with Gasteiger partial charge in [0.2, 0.25) is 0 Å². The standard InChI is InChI=1S/C20H20N4O3S/c1-12-11-28-20(21-12)23-17(25)10-27-19(26)18-13-5-3-4-6-15(13)22-16-7-8-24(2)9-14(16)18/h3-6,11H,7-10H2,1-2H3,(H,21,23,25). The highest BCUT2D eigenvalue weighted by atomic mass is 32.1. The zero-order chi connectivity index (χ0) is 19.7. The number of carbonyl (C=O) groups excluding carboxylic acids is 2. The summed E-state index contributed by atoms with van der Waals surface area (Å²) in [5.74, 6) is -0.914. The number of amides is 1. The van der Waals surface area contributed by atoms with Gasteiger partial charge in [-0.15, -0.1) is 11.3 Å². The zero-order valence-corrected chi connectivity index (χ0v) is 16.5. The number of pyridine rings is 1. The Labute approximate surface area is 166 Å². The second-order valence-electron chi connectivity index (χ2n) is 6.84. The lowest BCUT2D eigenvalue weighted by atomic mass is 9.96. The van der Waals surface area contributed by atoms with E-state index in [0.717, 1.165) is 40.8 Å². The molecule has 8 heteroatoms. The van der Waals surface area contributed by atoms with Crippen molar-refractivity contribution in [2.75, 3.05) is 25.5 Å². The number of esters is 1. The molecule has 7 nitrogen and oxygen atoms in total. The highest BCUT2D eigenvalue weighted by Crippen LogP contribution is 2.28. The Bertz CT molecular complexity index is 1060. The summed E-state index contributed by atoms with van der Waals surface area (Å²) in [5.41, 5.74) is 3.90. The second kappa shape index (κ2) is 7.65. The van der Waals surface area contributed by atoms with E-state index in [-0.39, 0.29) is 6.61 Å². The van der Waals surface area contributed by atoms with E-state index in [1.165, 1.54) is 11.3 Å². The SMILES string of the molecule is Cc1csc(NC(=O)COC(=O)c2c3c(nc4ccccc24)CCN(C)C3)n1. The minimum atomic E-state index is -0.504. The Morgan fingerprint density at radius 1 is 1.29 bits per heavy atom. The molecule has 4 rings (SSSR count). The summed E-state index contributed by atoms with van der Waals surface area (Å²) in [4.78, 5) is 36.1.